The summed E-state index contributed by atoms with van der Waals surface area (Å²) in [6.45, 7) is 4.44. The summed E-state index contributed by atoms with van der Waals surface area (Å²) in [6.07, 6.45) is 81.5. The highest BCUT2D eigenvalue weighted by molar-refractivity contribution is 7.47. The normalized spacial score (nSPS) is 14.8. The highest BCUT2D eigenvalue weighted by atomic mass is 31.2. The van der Waals surface area contributed by atoms with Crippen molar-refractivity contribution in [2.75, 3.05) is 39.6 Å². The average Bonchev–Trinajstić information content (AvgIpc) is 1.02. The van der Waals surface area contributed by atoms with Crippen LogP contribution in [0.1, 0.15) is 285 Å². The third kappa shape index (κ3) is 71.3. The zero-order valence-electron chi connectivity index (χ0n) is 62.1. The molecule has 19 heteroatoms. The molecule has 0 radical (unpaired) electrons. The Hall–Kier alpha value is -5.06. The van der Waals surface area contributed by atoms with Gasteiger partial charge in [-0.1, -0.05) is 257 Å². The Bertz CT molecular complexity index is 2470. The van der Waals surface area contributed by atoms with Gasteiger partial charge < -0.3 is 33.8 Å². The van der Waals surface area contributed by atoms with Crippen molar-refractivity contribution in [3.05, 3.63) is 146 Å². The number of carbonyl (C=O) groups excluding carboxylic acids is 4. The Kier molecular flexibility index (Phi) is 68.6. The molecule has 0 aromatic heterocycles. The van der Waals surface area contributed by atoms with Gasteiger partial charge in [0.1, 0.15) is 19.3 Å². The van der Waals surface area contributed by atoms with Crippen LogP contribution in [0.3, 0.4) is 0 Å². The molecule has 100 heavy (non-hydrogen) atoms. The second-order valence-electron chi connectivity index (χ2n) is 24.8. The minimum absolute atomic E-state index is 0.0306. The van der Waals surface area contributed by atoms with Gasteiger partial charge in [-0.3, -0.25) is 37.3 Å². The lowest BCUT2D eigenvalue weighted by Crippen LogP contribution is -2.30. The van der Waals surface area contributed by atoms with E-state index in [-0.39, 0.29) is 25.7 Å². The summed E-state index contributed by atoms with van der Waals surface area (Å²) in [7, 11) is -9.99. The Morgan fingerprint density at radius 2 is 0.550 bits per heavy atom. The van der Waals surface area contributed by atoms with Crippen LogP contribution in [0.4, 0.5) is 0 Å². The van der Waals surface area contributed by atoms with E-state index in [1.54, 1.807) is 0 Å². The zero-order chi connectivity index (χ0) is 73.2. The number of aliphatic hydroxyl groups is 1. The molecule has 0 saturated carbocycles. The molecule has 0 saturated heterocycles. The van der Waals surface area contributed by atoms with Crippen LogP contribution >= 0.6 is 15.6 Å². The van der Waals surface area contributed by atoms with Gasteiger partial charge in [0, 0.05) is 25.7 Å². The maximum atomic E-state index is 13.1. The second kappa shape index (κ2) is 72.3. The van der Waals surface area contributed by atoms with Gasteiger partial charge in [-0.15, -0.1) is 0 Å². The Balaban J connectivity index is 5.41. The van der Waals surface area contributed by atoms with Crippen LogP contribution in [0.15, 0.2) is 146 Å². The summed E-state index contributed by atoms with van der Waals surface area (Å²) in [4.78, 5) is 72.8. The summed E-state index contributed by atoms with van der Waals surface area (Å²) in [5, 5.41) is 10.6. The number of hydrogen-bond acceptors (Lipinski definition) is 15. The average molecular weight is 1440 g/mol. The zero-order valence-corrected chi connectivity index (χ0v) is 63.9. The van der Waals surface area contributed by atoms with Crippen molar-refractivity contribution in [1.29, 1.82) is 0 Å². The molecule has 0 amide bonds. The SMILES string of the molecule is CC/C=C\C/C=C\C/C=C\C/C=C\C/C=C\C/C=C\CCC(=O)OCC(COP(=O)(O)OCC(O)COP(=O)(O)OCC(COC(=O)CCCCCC/C=C\C/C=C\C/C=C\C/C=C\CC)OC(=O)CCCCCCC/C=C\CCCCCC)OC(=O)CCCCCCC/C=C\CCCC. The molecule has 570 valence electrons. The molecule has 0 aliphatic rings. The molecule has 0 aromatic carbocycles. The van der Waals surface area contributed by atoms with Crippen molar-refractivity contribution >= 4 is 39.5 Å². The molecule has 3 N–H and O–H groups in total. The molecule has 0 aliphatic carbocycles. The molecule has 0 heterocycles. The number of rotatable bonds is 70. The van der Waals surface area contributed by atoms with Crippen molar-refractivity contribution in [2.24, 2.45) is 0 Å². The number of carbonyl (C=O) groups is 4. The predicted molar refractivity (Wildman–Crippen MR) is 408 cm³/mol. The fraction of sp³-hybridized carbons (Fsp3) is 0.654. The lowest BCUT2D eigenvalue weighted by atomic mass is 10.1. The summed E-state index contributed by atoms with van der Waals surface area (Å²) < 4.78 is 68.3. The fourth-order valence-electron chi connectivity index (χ4n) is 9.51. The Morgan fingerprint density at radius 3 is 0.900 bits per heavy atom. The molecule has 0 spiro atoms. The quantitative estimate of drug-likeness (QED) is 0.0169. The topological polar surface area (TPSA) is 237 Å². The molecule has 5 unspecified atom stereocenters. The van der Waals surface area contributed by atoms with Gasteiger partial charge in [-0.25, -0.2) is 9.13 Å². The maximum Gasteiger partial charge on any atom is 0.472 e. The van der Waals surface area contributed by atoms with Crippen molar-refractivity contribution in [1.82, 2.24) is 0 Å². The van der Waals surface area contributed by atoms with Gasteiger partial charge in [0.2, 0.25) is 0 Å². The van der Waals surface area contributed by atoms with Gasteiger partial charge in [0.15, 0.2) is 12.2 Å². The molecular weight excluding hydrogens is 1310 g/mol. The Labute approximate surface area is 605 Å². The van der Waals surface area contributed by atoms with Crippen LogP contribution < -0.4 is 0 Å². The Morgan fingerprint density at radius 1 is 0.290 bits per heavy atom. The van der Waals surface area contributed by atoms with E-state index in [4.69, 9.17) is 37.0 Å². The number of phosphoric acid groups is 2. The highest BCUT2D eigenvalue weighted by Gasteiger charge is 2.30. The molecule has 0 rings (SSSR count). The number of esters is 4. The minimum Gasteiger partial charge on any atom is -0.462 e. The number of allylic oxidation sites excluding steroid dienone is 24. The third-order valence-electron chi connectivity index (χ3n) is 15.3. The summed E-state index contributed by atoms with van der Waals surface area (Å²) in [6, 6.07) is 0. The number of aliphatic hydroxyl groups excluding tert-OH is 1. The predicted octanol–water partition coefficient (Wildman–Crippen LogP) is 21.9. The summed E-state index contributed by atoms with van der Waals surface area (Å²) >= 11 is 0. The van der Waals surface area contributed by atoms with Crippen LogP contribution in [-0.4, -0.2) is 96.7 Å². The maximum absolute atomic E-state index is 13.1. The van der Waals surface area contributed by atoms with Crippen molar-refractivity contribution in [3.8, 4) is 0 Å². The lowest BCUT2D eigenvalue weighted by Gasteiger charge is -2.21. The molecule has 0 bridgehead atoms. The lowest BCUT2D eigenvalue weighted by molar-refractivity contribution is -0.161. The number of hydrogen-bond donors (Lipinski definition) is 3. The van der Waals surface area contributed by atoms with Crippen LogP contribution in [0, 0.1) is 0 Å². The number of phosphoric ester groups is 2. The first-order valence-electron chi connectivity index (χ1n) is 38.1. The van der Waals surface area contributed by atoms with Crippen molar-refractivity contribution < 1.29 is 80.2 Å². The van der Waals surface area contributed by atoms with Gasteiger partial charge in [-0.05, 0) is 148 Å². The second-order valence-corrected chi connectivity index (χ2v) is 27.7. The molecule has 0 aromatic rings. The van der Waals surface area contributed by atoms with E-state index >= 15 is 0 Å². The largest absolute Gasteiger partial charge is 0.472 e. The van der Waals surface area contributed by atoms with Gasteiger partial charge in [-0.2, -0.15) is 0 Å². The van der Waals surface area contributed by atoms with E-state index in [1.807, 2.05) is 18.2 Å². The molecule has 17 nitrogen and oxygen atoms in total. The summed E-state index contributed by atoms with van der Waals surface area (Å²) in [5.41, 5.74) is 0. The van der Waals surface area contributed by atoms with Gasteiger partial charge in [0.25, 0.3) is 0 Å². The van der Waals surface area contributed by atoms with Crippen LogP contribution in [0.2, 0.25) is 0 Å². The monoisotopic (exact) mass is 1440 g/mol. The molecule has 5 atom stereocenters. The molecule has 0 aliphatic heterocycles. The standard InChI is InChI=1S/C81H134O17P2/c1-5-9-13-17-21-25-29-32-34-36-37-39-41-44-47-50-54-58-62-66-78(83)91-71-76(97-80(85)67-63-59-55-51-45-28-24-20-16-12-8-4)73-95-99(87,88)93-69-75(82)70-94-100(89,90)96-74-77(98-81(86)68-64-60-56-52-48-42-31-27-23-19-15-11-7-3)72-92-79(84)65-61-57-53-49-46-43-40-38-35-33-30-26-22-18-14-10-6-2/h9-10,13-14,20-22,24-27,31-35,37,39-40,43-44,47,54,58,75-77,82H,5-8,11-12,15-19,23,28-30,36,38,41-42,45-46,48-53,55-57,59-74H2,1-4H3,(H,87,88)(H,89,90)/b13-9-,14-10-,24-20-,25-21-,26-22-,31-27-,34-32-,35-33-,39-37-,43-40-,47-44-,58-54-. The van der Waals surface area contributed by atoms with Crippen LogP contribution in [-0.2, 0) is 65.4 Å². The van der Waals surface area contributed by atoms with E-state index in [1.165, 1.54) is 38.5 Å². The smallest absolute Gasteiger partial charge is 0.462 e. The number of unbranched alkanes of at least 4 members (excludes halogenated alkanes) is 20. The summed E-state index contributed by atoms with van der Waals surface area (Å²) in [5.74, 6) is -2.33. The first-order chi connectivity index (χ1) is 48.7. The fourth-order valence-corrected chi connectivity index (χ4v) is 11.1. The van der Waals surface area contributed by atoms with E-state index in [0.29, 0.717) is 32.1 Å². The van der Waals surface area contributed by atoms with Gasteiger partial charge >= 0.3 is 39.5 Å². The first kappa shape index (κ1) is 94.9. The minimum atomic E-state index is -5.00. The van der Waals surface area contributed by atoms with E-state index in [2.05, 4.69) is 155 Å². The van der Waals surface area contributed by atoms with Crippen molar-refractivity contribution in [2.45, 2.75) is 303 Å². The highest BCUT2D eigenvalue weighted by Crippen LogP contribution is 2.45. The number of ether oxygens (including phenoxy) is 4. The third-order valence-corrected chi connectivity index (χ3v) is 17.2. The first-order valence-corrected chi connectivity index (χ1v) is 41.1. The van der Waals surface area contributed by atoms with E-state index in [9.17, 15) is 43.2 Å². The van der Waals surface area contributed by atoms with Crippen LogP contribution in [0.25, 0.3) is 0 Å². The van der Waals surface area contributed by atoms with E-state index in [0.717, 1.165) is 161 Å². The van der Waals surface area contributed by atoms with E-state index < -0.39 is 97.5 Å². The van der Waals surface area contributed by atoms with Gasteiger partial charge in [0.05, 0.1) is 26.4 Å². The molecular formula is C81H134O17P2. The van der Waals surface area contributed by atoms with Crippen LogP contribution in [0.5, 0.6) is 0 Å². The molecule has 0 fully saturated rings. The van der Waals surface area contributed by atoms with Crippen molar-refractivity contribution in [3.63, 3.8) is 0 Å².